The highest BCUT2D eigenvalue weighted by molar-refractivity contribution is 6.30. The number of nitrogens with zero attached hydrogens (tertiary/aromatic N) is 2. The van der Waals surface area contributed by atoms with E-state index >= 15 is 0 Å². The number of carbonyl (C=O) groups is 1. The Morgan fingerprint density at radius 1 is 1.17 bits per heavy atom. The van der Waals surface area contributed by atoms with Crippen LogP contribution in [0.3, 0.4) is 0 Å². The van der Waals surface area contributed by atoms with Gasteiger partial charge in [0.05, 0.1) is 6.26 Å². The second-order valence-corrected chi connectivity index (χ2v) is 5.83. The molecule has 0 bridgehead atoms. The van der Waals surface area contributed by atoms with Crippen LogP contribution in [0.2, 0.25) is 5.02 Å². The van der Waals surface area contributed by atoms with E-state index in [0.717, 1.165) is 5.56 Å². The van der Waals surface area contributed by atoms with Gasteiger partial charge in [-0.3, -0.25) is 0 Å². The molecule has 1 atom stereocenters. The molecule has 2 N–H and O–H groups in total. The predicted molar refractivity (Wildman–Crippen MR) is 87.5 cm³/mol. The summed E-state index contributed by atoms with van der Waals surface area (Å²) in [6.45, 7) is 0. The Balaban J connectivity index is 1.76. The number of hydrogen-bond donors (Lipinski definition) is 1. The summed E-state index contributed by atoms with van der Waals surface area (Å²) >= 11 is 5.90. The van der Waals surface area contributed by atoms with Gasteiger partial charge in [-0.05, 0) is 29.8 Å². The molecule has 0 amide bonds. The highest BCUT2D eigenvalue weighted by atomic mass is 35.5. The monoisotopic (exact) mass is 341 g/mol. The van der Waals surface area contributed by atoms with Crippen LogP contribution in [-0.2, 0) is 11.2 Å². The Morgan fingerprint density at radius 2 is 1.96 bits per heavy atom. The predicted octanol–water partition coefficient (Wildman–Crippen LogP) is 3.43. The van der Waals surface area contributed by atoms with Gasteiger partial charge in [-0.2, -0.15) is 0 Å². The number of hydrogen-bond acceptors (Lipinski definition) is 6. The molecule has 3 aromatic rings. The molecule has 2 aromatic heterocycles. The van der Waals surface area contributed by atoms with Crippen molar-refractivity contribution in [3.8, 4) is 11.5 Å². The lowest BCUT2D eigenvalue weighted by Gasteiger charge is -2.10. The number of halogens is 1. The zero-order valence-electron chi connectivity index (χ0n) is 12.4. The van der Waals surface area contributed by atoms with E-state index in [0.29, 0.717) is 34.2 Å². The molecule has 1 aliphatic heterocycles. The van der Waals surface area contributed by atoms with E-state index in [1.807, 2.05) is 12.1 Å². The van der Waals surface area contributed by atoms with Crippen molar-refractivity contribution in [1.82, 2.24) is 9.97 Å². The summed E-state index contributed by atoms with van der Waals surface area (Å²) in [6, 6.07) is 10.8. The number of esters is 1. The minimum absolute atomic E-state index is 0.0690. The summed E-state index contributed by atoms with van der Waals surface area (Å²) in [5.74, 6) is 0.0411. The molecule has 0 saturated heterocycles. The number of anilines is 1. The number of carbonyl (C=O) groups excluding carboxylic acids is 1. The quantitative estimate of drug-likeness (QED) is 0.734. The lowest BCUT2D eigenvalue weighted by Crippen LogP contribution is -2.07. The van der Waals surface area contributed by atoms with Crippen LogP contribution in [-0.4, -0.2) is 15.9 Å². The Labute approximate surface area is 142 Å². The summed E-state index contributed by atoms with van der Waals surface area (Å²) in [7, 11) is 0. The smallest absolute Gasteiger partial charge is 0.343 e. The maximum absolute atomic E-state index is 12.3. The Bertz CT molecular complexity index is 908. The zero-order valence-corrected chi connectivity index (χ0v) is 13.2. The van der Waals surface area contributed by atoms with Gasteiger partial charge in [-0.25, -0.2) is 14.8 Å². The number of rotatable bonds is 3. The minimum Gasteiger partial charge on any atom is -0.463 e. The molecule has 0 saturated carbocycles. The fourth-order valence-electron chi connectivity index (χ4n) is 2.74. The van der Waals surface area contributed by atoms with E-state index in [-0.39, 0.29) is 5.95 Å². The fraction of sp³-hybridized carbons (Fsp3) is 0.118. The van der Waals surface area contributed by atoms with E-state index in [9.17, 15) is 4.79 Å². The van der Waals surface area contributed by atoms with Gasteiger partial charge in [-0.1, -0.05) is 23.7 Å². The molecule has 120 valence electrons. The molecular formula is C17H12ClN3O3. The lowest BCUT2D eigenvalue weighted by atomic mass is 10.0. The molecular weight excluding hydrogens is 330 g/mol. The van der Waals surface area contributed by atoms with Gasteiger partial charge >= 0.3 is 5.97 Å². The first-order valence-electron chi connectivity index (χ1n) is 7.28. The molecule has 4 rings (SSSR count). The van der Waals surface area contributed by atoms with Gasteiger partial charge in [0.25, 0.3) is 0 Å². The summed E-state index contributed by atoms with van der Waals surface area (Å²) in [5.41, 5.74) is 7.92. The average Bonchev–Trinajstić information content (AvgIpc) is 3.18. The third kappa shape index (κ3) is 2.51. The normalized spacial score (nSPS) is 16.0. The number of ether oxygens (including phenoxy) is 1. The van der Waals surface area contributed by atoms with Crippen molar-refractivity contribution < 1.29 is 13.9 Å². The number of nitrogen functional groups attached to an aromatic ring is 1. The van der Waals surface area contributed by atoms with Crippen LogP contribution in [0, 0.1) is 0 Å². The molecule has 1 aliphatic rings. The Morgan fingerprint density at radius 3 is 2.67 bits per heavy atom. The van der Waals surface area contributed by atoms with Crippen LogP contribution in [0.15, 0.2) is 47.1 Å². The van der Waals surface area contributed by atoms with Crippen molar-refractivity contribution in [1.29, 1.82) is 0 Å². The SMILES string of the molecule is Nc1nc(-c2ccco2)c2c(n1)C(Cc1ccc(Cl)cc1)OC2=O. The highest BCUT2D eigenvalue weighted by Gasteiger charge is 2.37. The van der Waals surface area contributed by atoms with Crippen molar-refractivity contribution in [3.05, 3.63) is 64.5 Å². The van der Waals surface area contributed by atoms with Crippen molar-refractivity contribution in [2.75, 3.05) is 5.73 Å². The van der Waals surface area contributed by atoms with Crippen LogP contribution in [0.5, 0.6) is 0 Å². The van der Waals surface area contributed by atoms with E-state index in [1.54, 1.807) is 24.3 Å². The van der Waals surface area contributed by atoms with E-state index < -0.39 is 12.1 Å². The number of benzene rings is 1. The standard InChI is InChI=1S/C17H12ClN3O3/c18-10-5-3-9(4-6-10)8-12-15-13(16(22)24-12)14(20-17(19)21-15)11-2-1-7-23-11/h1-7,12H,8H2,(H2,19,20,21). The van der Waals surface area contributed by atoms with Gasteiger partial charge in [-0.15, -0.1) is 0 Å². The first-order chi connectivity index (χ1) is 11.6. The van der Waals surface area contributed by atoms with Crippen LogP contribution in [0.1, 0.15) is 27.7 Å². The number of cyclic esters (lactones) is 1. The van der Waals surface area contributed by atoms with E-state index in [4.69, 9.17) is 26.5 Å². The topological polar surface area (TPSA) is 91.2 Å². The third-order valence-corrected chi connectivity index (χ3v) is 4.05. The maximum Gasteiger partial charge on any atom is 0.343 e. The maximum atomic E-state index is 12.3. The lowest BCUT2D eigenvalue weighted by molar-refractivity contribution is 0.0382. The van der Waals surface area contributed by atoms with Crippen LogP contribution < -0.4 is 5.73 Å². The van der Waals surface area contributed by atoms with Crippen molar-refractivity contribution in [3.63, 3.8) is 0 Å². The minimum atomic E-state index is -0.521. The van der Waals surface area contributed by atoms with Crippen molar-refractivity contribution >= 4 is 23.5 Å². The summed E-state index contributed by atoms with van der Waals surface area (Å²) < 4.78 is 10.8. The van der Waals surface area contributed by atoms with Gasteiger partial charge in [0.15, 0.2) is 5.76 Å². The second-order valence-electron chi connectivity index (χ2n) is 5.39. The number of furan rings is 1. The Kier molecular flexibility index (Phi) is 3.46. The number of aromatic nitrogens is 2. The molecule has 24 heavy (non-hydrogen) atoms. The summed E-state index contributed by atoms with van der Waals surface area (Å²) in [4.78, 5) is 20.7. The zero-order chi connectivity index (χ0) is 16.7. The second kappa shape index (κ2) is 5.65. The van der Waals surface area contributed by atoms with Gasteiger partial charge in [0.1, 0.15) is 23.1 Å². The molecule has 7 heteroatoms. The average molecular weight is 342 g/mol. The fourth-order valence-corrected chi connectivity index (χ4v) is 2.86. The van der Waals surface area contributed by atoms with Crippen LogP contribution in [0.25, 0.3) is 11.5 Å². The van der Waals surface area contributed by atoms with Gasteiger partial charge in [0, 0.05) is 11.4 Å². The van der Waals surface area contributed by atoms with Crippen LogP contribution >= 0.6 is 11.6 Å². The van der Waals surface area contributed by atoms with Gasteiger partial charge in [0.2, 0.25) is 5.95 Å². The van der Waals surface area contributed by atoms with Crippen LogP contribution in [0.4, 0.5) is 5.95 Å². The molecule has 0 fully saturated rings. The van der Waals surface area contributed by atoms with Gasteiger partial charge < -0.3 is 14.9 Å². The first-order valence-corrected chi connectivity index (χ1v) is 7.66. The van der Waals surface area contributed by atoms with E-state index in [2.05, 4.69) is 9.97 Å². The largest absolute Gasteiger partial charge is 0.463 e. The summed E-state index contributed by atoms with van der Waals surface area (Å²) in [6.07, 6.45) is 1.46. The molecule has 1 unspecified atom stereocenters. The van der Waals surface area contributed by atoms with Crippen molar-refractivity contribution in [2.45, 2.75) is 12.5 Å². The molecule has 3 heterocycles. The van der Waals surface area contributed by atoms with Crippen molar-refractivity contribution in [2.24, 2.45) is 0 Å². The molecule has 0 radical (unpaired) electrons. The molecule has 1 aromatic carbocycles. The number of nitrogens with two attached hydrogens (primary N) is 1. The highest BCUT2D eigenvalue weighted by Crippen LogP contribution is 2.37. The number of fused-ring (bicyclic) bond motifs is 1. The van der Waals surface area contributed by atoms with E-state index in [1.165, 1.54) is 6.26 Å². The summed E-state index contributed by atoms with van der Waals surface area (Å²) in [5, 5.41) is 0.647. The molecule has 6 nitrogen and oxygen atoms in total. The molecule has 0 spiro atoms. The third-order valence-electron chi connectivity index (χ3n) is 3.80. The first kappa shape index (κ1) is 14.7. The molecule has 0 aliphatic carbocycles. The Hall–Kier alpha value is -2.86.